The Labute approximate surface area is 282 Å². The van der Waals surface area contributed by atoms with Gasteiger partial charge in [0.1, 0.15) is 23.2 Å². The fourth-order valence-corrected chi connectivity index (χ4v) is 7.25. The molecule has 2 aliphatic heterocycles. The lowest BCUT2D eigenvalue weighted by Gasteiger charge is -2.37. The quantitative estimate of drug-likeness (QED) is 0.217. The fourth-order valence-electron chi connectivity index (χ4n) is 6.91. The zero-order valence-corrected chi connectivity index (χ0v) is 27.7. The van der Waals surface area contributed by atoms with Gasteiger partial charge in [-0.15, -0.1) is 0 Å². The Morgan fingerprint density at radius 2 is 1.79 bits per heavy atom. The number of carboxylic acid groups (broad SMARTS) is 1. The number of hydrogen-bond donors (Lipinski definition) is 3. The molecule has 0 unspecified atom stereocenters. The van der Waals surface area contributed by atoms with E-state index in [-0.39, 0.29) is 32.7 Å². The van der Waals surface area contributed by atoms with Crippen molar-refractivity contribution < 1.29 is 28.2 Å². The predicted molar refractivity (Wildman–Crippen MR) is 177 cm³/mol. The molecular weight excluding hydrogens is 649 g/mol. The Hall–Kier alpha value is -3.91. The number of nitrogens with one attached hydrogen (secondary N) is 2. The largest absolute Gasteiger partial charge is 0.506 e. The van der Waals surface area contributed by atoms with E-state index in [2.05, 4.69) is 21.6 Å². The standard InChI is InChI=1S/C35H36Cl2F2N4O4/c1-34(2,3)18-28-35(19-40,25-12-7-20(36)17-27(25)38)29(24-5-4-6-26(37)30(24)39)31(42-28)32(44)41-21-8-10-22(11-9-21)43-15-13-23(14-16-43)47-33(45)46/h4-12,17,23,28-29,31,42H,13-16,18H2,1-3H3,(H,41,44)(H,45,46)/t28-,29-,31+,35-/m0/s1. The highest BCUT2D eigenvalue weighted by molar-refractivity contribution is 6.31. The minimum Gasteiger partial charge on any atom is -0.450 e. The van der Waals surface area contributed by atoms with Crippen LogP contribution in [0.1, 0.15) is 57.1 Å². The molecule has 3 N–H and O–H groups in total. The van der Waals surface area contributed by atoms with E-state index in [4.69, 9.17) is 33.0 Å². The van der Waals surface area contributed by atoms with Crippen molar-refractivity contribution in [3.05, 3.63) is 93.5 Å². The fraction of sp³-hybridized carbons (Fsp3) is 0.400. The predicted octanol–water partition coefficient (Wildman–Crippen LogP) is 7.90. The number of anilines is 2. The molecule has 2 fully saturated rings. The van der Waals surface area contributed by atoms with Crippen LogP contribution in [0.3, 0.4) is 0 Å². The maximum absolute atomic E-state index is 15.9. The Balaban J connectivity index is 1.50. The minimum absolute atomic E-state index is 0.00713. The first-order valence-corrected chi connectivity index (χ1v) is 16.1. The van der Waals surface area contributed by atoms with Crippen LogP contribution in [0.2, 0.25) is 10.0 Å². The van der Waals surface area contributed by atoms with Gasteiger partial charge < -0.3 is 25.4 Å². The molecule has 248 valence electrons. The van der Waals surface area contributed by atoms with E-state index in [1.807, 2.05) is 32.9 Å². The number of ether oxygens (including phenoxy) is 1. The molecule has 3 aromatic carbocycles. The number of carbonyl (C=O) groups is 2. The smallest absolute Gasteiger partial charge is 0.450 e. The van der Waals surface area contributed by atoms with Gasteiger partial charge in [-0.2, -0.15) is 5.26 Å². The van der Waals surface area contributed by atoms with E-state index in [1.165, 1.54) is 24.3 Å². The summed E-state index contributed by atoms with van der Waals surface area (Å²) < 4.78 is 36.6. The van der Waals surface area contributed by atoms with Crippen molar-refractivity contribution in [2.24, 2.45) is 5.41 Å². The number of rotatable bonds is 7. The Bertz CT molecular complexity index is 1690. The van der Waals surface area contributed by atoms with E-state index in [1.54, 1.807) is 18.2 Å². The molecule has 47 heavy (non-hydrogen) atoms. The molecular formula is C35H36Cl2F2N4O4. The van der Waals surface area contributed by atoms with Crippen LogP contribution in [0.4, 0.5) is 25.0 Å². The summed E-state index contributed by atoms with van der Waals surface area (Å²) in [5.74, 6) is -3.23. The maximum atomic E-state index is 15.9. The molecule has 0 saturated carbocycles. The maximum Gasteiger partial charge on any atom is 0.506 e. The van der Waals surface area contributed by atoms with Crippen molar-refractivity contribution in [3.8, 4) is 6.07 Å². The van der Waals surface area contributed by atoms with E-state index >= 15 is 8.78 Å². The molecule has 1 amide bonds. The summed E-state index contributed by atoms with van der Waals surface area (Å²) in [6.07, 6.45) is -0.152. The van der Waals surface area contributed by atoms with Gasteiger partial charge in [0.25, 0.3) is 0 Å². The summed E-state index contributed by atoms with van der Waals surface area (Å²) in [6, 6.07) is 16.0. The summed E-state index contributed by atoms with van der Waals surface area (Å²) in [5, 5.41) is 26.1. The highest BCUT2D eigenvalue weighted by atomic mass is 35.5. The van der Waals surface area contributed by atoms with Crippen LogP contribution in [0.15, 0.2) is 60.7 Å². The third-order valence-electron chi connectivity index (χ3n) is 8.94. The number of carbonyl (C=O) groups excluding carboxylic acids is 1. The summed E-state index contributed by atoms with van der Waals surface area (Å²) in [7, 11) is 0. The summed E-state index contributed by atoms with van der Waals surface area (Å²) in [6.45, 7) is 7.13. The average molecular weight is 686 g/mol. The first-order valence-electron chi connectivity index (χ1n) is 15.4. The van der Waals surface area contributed by atoms with E-state index in [0.29, 0.717) is 38.0 Å². The lowest BCUT2D eigenvalue weighted by molar-refractivity contribution is -0.118. The highest BCUT2D eigenvalue weighted by Gasteiger charge is 2.61. The second kappa shape index (κ2) is 13.7. The monoisotopic (exact) mass is 684 g/mol. The number of halogens is 4. The van der Waals surface area contributed by atoms with Crippen molar-refractivity contribution >= 4 is 46.6 Å². The molecule has 0 spiro atoms. The first-order chi connectivity index (χ1) is 22.2. The third-order valence-corrected chi connectivity index (χ3v) is 9.47. The second-order valence-electron chi connectivity index (χ2n) is 13.3. The molecule has 2 heterocycles. The normalized spacial score (nSPS) is 23.3. The lowest BCUT2D eigenvalue weighted by Crippen LogP contribution is -2.45. The number of piperidine rings is 1. The minimum atomic E-state index is -1.73. The van der Waals surface area contributed by atoms with Crippen molar-refractivity contribution in [1.82, 2.24) is 5.32 Å². The second-order valence-corrected chi connectivity index (χ2v) is 14.1. The van der Waals surface area contributed by atoms with Crippen LogP contribution in [0, 0.1) is 28.4 Å². The van der Waals surface area contributed by atoms with Crippen molar-refractivity contribution in [3.63, 3.8) is 0 Å². The summed E-state index contributed by atoms with van der Waals surface area (Å²) in [5.41, 5.74) is -0.711. The molecule has 5 rings (SSSR count). The molecule has 0 aromatic heterocycles. The van der Waals surface area contributed by atoms with Crippen LogP contribution in [-0.4, -0.2) is 48.4 Å². The van der Waals surface area contributed by atoms with Gasteiger partial charge in [0.15, 0.2) is 0 Å². The van der Waals surface area contributed by atoms with Gasteiger partial charge in [-0.25, -0.2) is 13.6 Å². The van der Waals surface area contributed by atoms with Crippen LogP contribution in [0.25, 0.3) is 0 Å². The first kappa shape index (κ1) is 34.4. The number of nitrogens with zero attached hydrogens (tertiary/aromatic N) is 2. The molecule has 2 aliphatic rings. The highest BCUT2D eigenvalue weighted by Crippen LogP contribution is 2.53. The van der Waals surface area contributed by atoms with E-state index in [9.17, 15) is 14.9 Å². The van der Waals surface area contributed by atoms with E-state index in [0.717, 1.165) is 11.8 Å². The van der Waals surface area contributed by atoms with Crippen LogP contribution < -0.4 is 15.5 Å². The van der Waals surface area contributed by atoms with Gasteiger partial charge >= 0.3 is 6.16 Å². The van der Waals surface area contributed by atoms with E-state index < -0.39 is 47.1 Å². The van der Waals surface area contributed by atoms with Crippen molar-refractivity contribution in [2.45, 2.75) is 69.6 Å². The number of hydrogen-bond acceptors (Lipinski definition) is 6. The van der Waals surface area contributed by atoms with Gasteiger partial charge in [-0.05, 0) is 59.9 Å². The molecule has 0 bridgehead atoms. The average Bonchev–Trinajstić information content (AvgIpc) is 3.32. The van der Waals surface area contributed by atoms with Crippen LogP contribution in [0.5, 0.6) is 0 Å². The number of benzene rings is 3. The Morgan fingerprint density at radius 1 is 1.11 bits per heavy atom. The van der Waals surface area contributed by atoms with Gasteiger partial charge in [0, 0.05) is 59.9 Å². The van der Waals surface area contributed by atoms with Gasteiger partial charge in [-0.1, -0.05) is 62.2 Å². The molecule has 0 radical (unpaired) electrons. The zero-order chi connectivity index (χ0) is 34.1. The lowest BCUT2D eigenvalue weighted by atomic mass is 9.62. The summed E-state index contributed by atoms with van der Waals surface area (Å²) >= 11 is 12.3. The SMILES string of the molecule is CC(C)(C)C[C@@H]1N[C@@H](C(=O)Nc2ccc(N3CCC(OC(=O)O)CC3)cc2)[C@H](c2cccc(Cl)c2F)[C@@]1(C#N)c1ccc(Cl)cc1F. The topological polar surface area (TPSA) is 115 Å². The Kier molecular flexibility index (Phi) is 10.0. The van der Waals surface area contributed by atoms with Gasteiger partial charge in [0.2, 0.25) is 5.91 Å². The molecule has 3 aromatic rings. The molecule has 12 heteroatoms. The third kappa shape index (κ3) is 7.18. The summed E-state index contributed by atoms with van der Waals surface area (Å²) in [4.78, 5) is 27.1. The molecule has 0 aliphatic carbocycles. The Morgan fingerprint density at radius 3 is 2.38 bits per heavy atom. The number of nitriles is 1. The van der Waals surface area contributed by atoms with Crippen molar-refractivity contribution in [2.75, 3.05) is 23.3 Å². The van der Waals surface area contributed by atoms with Crippen LogP contribution >= 0.6 is 23.2 Å². The molecule has 2 saturated heterocycles. The zero-order valence-electron chi connectivity index (χ0n) is 26.2. The van der Waals surface area contributed by atoms with Crippen LogP contribution in [-0.2, 0) is 14.9 Å². The van der Waals surface area contributed by atoms with Crippen molar-refractivity contribution in [1.29, 1.82) is 5.26 Å². The number of amides is 1. The van der Waals surface area contributed by atoms with Gasteiger partial charge in [0.05, 0.1) is 17.1 Å². The molecule has 8 nitrogen and oxygen atoms in total. The molecule has 4 atom stereocenters. The van der Waals surface area contributed by atoms with Gasteiger partial charge in [-0.3, -0.25) is 4.79 Å².